The summed E-state index contributed by atoms with van der Waals surface area (Å²) in [6, 6.07) is 14.9. The maximum Gasteiger partial charge on any atom is 0.316 e. The molecule has 0 spiro atoms. The van der Waals surface area contributed by atoms with Crippen molar-refractivity contribution in [2.24, 2.45) is 0 Å². The first-order chi connectivity index (χ1) is 12.1. The Morgan fingerprint density at radius 1 is 1.16 bits per heavy atom. The van der Waals surface area contributed by atoms with Gasteiger partial charge < -0.3 is 10.1 Å². The molecule has 0 bridgehead atoms. The quantitative estimate of drug-likeness (QED) is 0.459. The highest BCUT2D eigenvalue weighted by Gasteiger charge is 2.11. The lowest BCUT2D eigenvalue weighted by Crippen LogP contribution is -2.21. The number of halogens is 1. The van der Waals surface area contributed by atoms with Crippen LogP contribution in [0.5, 0.6) is 0 Å². The van der Waals surface area contributed by atoms with Crippen molar-refractivity contribution in [2.75, 3.05) is 17.7 Å². The Kier molecular flexibility index (Phi) is 6.06. The Bertz CT molecular complexity index is 863. The average Bonchev–Trinajstić information content (AvgIpc) is 3.03. The zero-order valence-corrected chi connectivity index (χ0v) is 16.1. The van der Waals surface area contributed by atoms with E-state index >= 15 is 0 Å². The summed E-state index contributed by atoms with van der Waals surface area (Å²) < 4.78 is 7.79. The van der Waals surface area contributed by atoms with Crippen LogP contribution in [0.2, 0.25) is 0 Å². The minimum Gasteiger partial charge on any atom is -0.455 e. The molecular formula is C17H13BrN2O3S2. The van der Waals surface area contributed by atoms with Crippen LogP contribution in [0.4, 0.5) is 5.69 Å². The van der Waals surface area contributed by atoms with Gasteiger partial charge in [-0.2, -0.15) is 0 Å². The fourth-order valence-electron chi connectivity index (χ4n) is 1.95. The number of thioether (sulfide) groups is 1. The number of aromatic nitrogens is 1. The molecule has 0 aliphatic heterocycles. The number of rotatable bonds is 6. The van der Waals surface area contributed by atoms with Crippen LogP contribution in [0.3, 0.4) is 0 Å². The molecule has 0 unspecified atom stereocenters. The maximum atomic E-state index is 11.8. The van der Waals surface area contributed by atoms with Crippen molar-refractivity contribution in [3.05, 3.63) is 53.0 Å². The van der Waals surface area contributed by atoms with Gasteiger partial charge in [-0.1, -0.05) is 39.8 Å². The van der Waals surface area contributed by atoms with E-state index in [4.69, 9.17) is 4.74 Å². The van der Waals surface area contributed by atoms with Crippen molar-refractivity contribution < 1.29 is 14.3 Å². The summed E-state index contributed by atoms with van der Waals surface area (Å²) in [5.41, 5.74) is 1.56. The number of esters is 1. The summed E-state index contributed by atoms with van der Waals surface area (Å²) in [5, 5.41) is 2.66. The second-order valence-electron chi connectivity index (χ2n) is 4.95. The van der Waals surface area contributed by atoms with Crippen LogP contribution in [-0.4, -0.2) is 29.2 Å². The number of anilines is 1. The third-order valence-electron chi connectivity index (χ3n) is 3.08. The number of carbonyl (C=O) groups is 2. The molecule has 0 atom stereocenters. The number of nitrogens with one attached hydrogen (secondary N) is 1. The SMILES string of the molecule is O=C(COC(=O)CSc1nc2ccccc2s1)Nc1ccc(Br)cc1. The lowest BCUT2D eigenvalue weighted by atomic mass is 10.3. The molecule has 2 aromatic carbocycles. The van der Waals surface area contributed by atoms with E-state index in [0.717, 1.165) is 19.0 Å². The van der Waals surface area contributed by atoms with Crippen molar-refractivity contribution >= 4 is 66.8 Å². The number of benzene rings is 2. The summed E-state index contributed by atoms with van der Waals surface area (Å²) in [5.74, 6) is -0.707. The highest BCUT2D eigenvalue weighted by Crippen LogP contribution is 2.29. The predicted octanol–water partition coefficient (Wildman–Crippen LogP) is 4.33. The molecule has 8 heteroatoms. The smallest absolute Gasteiger partial charge is 0.316 e. The van der Waals surface area contributed by atoms with Crippen LogP contribution in [0, 0.1) is 0 Å². The maximum absolute atomic E-state index is 11.8. The van der Waals surface area contributed by atoms with Gasteiger partial charge >= 0.3 is 5.97 Å². The molecule has 0 saturated carbocycles. The molecule has 0 saturated heterocycles. The Morgan fingerprint density at radius 2 is 1.92 bits per heavy atom. The van der Waals surface area contributed by atoms with Gasteiger partial charge in [0, 0.05) is 10.2 Å². The molecule has 3 aromatic rings. The molecule has 1 amide bonds. The van der Waals surface area contributed by atoms with E-state index in [1.165, 1.54) is 23.1 Å². The zero-order chi connectivity index (χ0) is 17.6. The summed E-state index contributed by atoms with van der Waals surface area (Å²) in [7, 11) is 0. The second kappa shape index (κ2) is 8.46. The molecule has 128 valence electrons. The predicted molar refractivity (Wildman–Crippen MR) is 104 cm³/mol. The van der Waals surface area contributed by atoms with Crippen molar-refractivity contribution in [1.29, 1.82) is 0 Å². The van der Waals surface area contributed by atoms with Crippen LogP contribution in [0.15, 0.2) is 57.3 Å². The highest BCUT2D eigenvalue weighted by molar-refractivity contribution is 9.10. The number of thiazole rings is 1. The van der Waals surface area contributed by atoms with Crippen molar-refractivity contribution in [3.8, 4) is 0 Å². The van der Waals surface area contributed by atoms with Crippen molar-refractivity contribution in [2.45, 2.75) is 4.34 Å². The third-order valence-corrected chi connectivity index (χ3v) is 5.76. The van der Waals surface area contributed by atoms with Gasteiger partial charge in [0.2, 0.25) is 0 Å². The van der Waals surface area contributed by atoms with Gasteiger partial charge in [-0.05, 0) is 36.4 Å². The van der Waals surface area contributed by atoms with Gasteiger partial charge in [-0.3, -0.25) is 9.59 Å². The minimum absolute atomic E-state index is 0.116. The largest absolute Gasteiger partial charge is 0.455 e. The molecule has 0 fully saturated rings. The Morgan fingerprint density at radius 3 is 2.68 bits per heavy atom. The lowest BCUT2D eigenvalue weighted by Gasteiger charge is -2.06. The zero-order valence-electron chi connectivity index (χ0n) is 12.9. The number of hydrogen-bond donors (Lipinski definition) is 1. The first kappa shape index (κ1) is 17.9. The van der Waals surface area contributed by atoms with E-state index in [1.807, 2.05) is 36.4 Å². The van der Waals surface area contributed by atoms with Crippen LogP contribution >= 0.6 is 39.0 Å². The molecule has 5 nitrogen and oxygen atoms in total. The van der Waals surface area contributed by atoms with Crippen LogP contribution in [0.1, 0.15) is 0 Å². The Labute approximate surface area is 160 Å². The molecule has 1 heterocycles. The molecule has 0 radical (unpaired) electrons. The monoisotopic (exact) mass is 436 g/mol. The number of para-hydroxylation sites is 1. The first-order valence-corrected chi connectivity index (χ1v) is 9.89. The highest BCUT2D eigenvalue weighted by atomic mass is 79.9. The third kappa shape index (κ3) is 5.29. The summed E-state index contributed by atoms with van der Waals surface area (Å²) >= 11 is 6.16. The molecule has 3 rings (SSSR count). The summed E-state index contributed by atoms with van der Waals surface area (Å²) in [6.45, 7) is -0.310. The van der Waals surface area contributed by atoms with Gasteiger partial charge in [0.05, 0.1) is 16.0 Å². The Hall–Kier alpha value is -1.90. The number of ether oxygens (including phenoxy) is 1. The van der Waals surface area contributed by atoms with Gasteiger partial charge in [-0.15, -0.1) is 11.3 Å². The van der Waals surface area contributed by atoms with E-state index in [-0.39, 0.29) is 18.3 Å². The number of amides is 1. The van der Waals surface area contributed by atoms with Crippen LogP contribution in [-0.2, 0) is 14.3 Å². The minimum atomic E-state index is -0.449. The standard InChI is InChI=1S/C17H13BrN2O3S2/c18-11-5-7-12(8-6-11)19-15(21)9-23-16(22)10-24-17-20-13-3-1-2-4-14(13)25-17/h1-8H,9-10H2,(H,19,21). The van der Waals surface area contributed by atoms with Gasteiger partial charge in [0.15, 0.2) is 10.9 Å². The number of hydrogen-bond acceptors (Lipinski definition) is 6. The summed E-state index contributed by atoms with van der Waals surface area (Å²) in [6.07, 6.45) is 0. The molecule has 0 aliphatic carbocycles. The van der Waals surface area contributed by atoms with Gasteiger partial charge in [0.1, 0.15) is 0 Å². The molecule has 1 N–H and O–H groups in total. The van der Waals surface area contributed by atoms with E-state index in [9.17, 15) is 9.59 Å². The van der Waals surface area contributed by atoms with Gasteiger partial charge in [-0.25, -0.2) is 4.98 Å². The fourth-order valence-corrected chi connectivity index (χ4v) is 4.08. The molecular weight excluding hydrogens is 424 g/mol. The van der Waals surface area contributed by atoms with Crippen LogP contribution in [0.25, 0.3) is 10.2 Å². The van der Waals surface area contributed by atoms with E-state index in [2.05, 4.69) is 26.2 Å². The lowest BCUT2D eigenvalue weighted by molar-refractivity contribution is -0.144. The normalized spacial score (nSPS) is 10.6. The van der Waals surface area contributed by atoms with Crippen molar-refractivity contribution in [1.82, 2.24) is 4.98 Å². The average molecular weight is 437 g/mol. The number of fused-ring (bicyclic) bond motifs is 1. The summed E-state index contributed by atoms with van der Waals surface area (Å²) in [4.78, 5) is 28.0. The topological polar surface area (TPSA) is 68.3 Å². The van der Waals surface area contributed by atoms with Gasteiger partial charge in [0.25, 0.3) is 5.91 Å². The van der Waals surface area contributed by atoms with E-state index in [0.29, 0.717) is 5.69 Å². The Balaban J connectivity index is 1.43. The number of nitrogens with zero attached hydrogens (tertiary/aromatic N) is 1. The van der Waals surface area contributed by atoms with Crippen molar-refractivity contribution in [3.63, 3.8) is 0 Å². The fraction of sp³-hybridized carbons (Fsp3) is 0.118. The van der Waals surface area contributed by atoms with E-state index in [1.54, 1.807) is 12.1 Å². The van der Waals surface area contributed by atoms with Crippen LogP contribution < -0.4 is 5.32 Å². The number of carbonyl (C=O) groups excluding carboxylic acids is 2. The first-order valence-electron chi connectivity index (χ1n) is 7.29. The van der Waals surface area contributed by atoms with E-state index < -0.39 is 5.97 Å². The molecule has 0 aliphatic rings. The second-order valence-corrected chi connectivity index (χ2v) is 8.12. The molecule has 1 aromatic heterocycles. The molecule has 25 heavy (non-hydrogen) atoms.